The molecule has 5 N–H and O–H groups in total. The monoisotopic (exact) mass is 341 g/mol. The van der Waals surface area contributed by atoms with E-state index in [-0.39, 0.29) is 6.42 Å². The van der Waals surface area contributed by atoms with Gasteiger partial charge in [0.1, 0.15) is 6.10 Å². The van der Waals surface area contributed by atoms with E-state index in [1.165, 1.54) is 0 Å². The van der Waals surface area contributed by atoms with Crippen molar-refractivity contribution in [3.05, 3.63) is 29.3 Å². The van der Waals surface area contributed by atoms with Crippen molar-refractivity contribution in [1.82, 2.24) is 5.32 Å². The van der Waals surface area contributed by atoms with Crippen molar-refractivity contribution in [2.75, 3.05) is 4.90 Å². The molecule has 1 heterocycles. The topological polar surface area (TPSA) is 98.8 Å². The van der Waals surface area contributed by atoms with Crippen LogP contribution in [0.5, 0.6) is 0 Å². The Morgan fingerprint density at radius 3 is 2.59 bits per heavy atom. The number of amides is 1. The molecule has 1 aliphatic heterocycles. The lowest BCUT2D eigenvalue weighted by Crippen LogP contribution is -2.60. The highest BCUT2D eigenvalue weighted by molar-refractivity contribution is 7.80. The lowest BCUT2D eigenvalue weighted by atomic mass is 9.77. The van der Waals surface area contributed by atoms with Gasteiger partial charge in [-0.1, -0.05) is 11.6 Å². The fourth-order valence-electron chi connectivity index (χ4n) is 3.27. The van der Waals surface area contributed by atoms with Crippen molar-refractivity contribution >= 4 is 40.5 Å². The molecule has 3 rings (SSSR count). The molecular formula is C14H16ClN3O3S. The van der Waals surface area contributed by atoms with Crippen molar-refractivity contribution in [2.24, 2.45) is 11.7 Å². The van der Waals surface area contributed by atoms with Crippen LogP contribution in [-0.4, -0.2) is 45.5 Å². The molecule has 0 unspecified atom stereocenters. The Morgan fingerprint density at radius 2 is 2.00 bits per heavy atom. The second-order valence-electron chi connectivity index (χ2n) is 5.61. The maximum atomic E-state index is 11.8. The molecule has 1 saturated heterocycles. The molecule has 1 amide bonds. The van der Waals surface area contributed by atoms with E-state index in [1.54, 1.807) is 29.2 Å². The summed E-state index contributed by atoms with van der Waals surface area (Å²) in [5.41, 5.74) is 6.24. The summed E-state index contributed by atoms with van der Waals surface area (Å²) >= 11 is 11.2. The summed E-state index contributed by atoms with van der Waals surface area (Å²) < 4.78 is 0. The number of aliphatic hydroxyl groups is 2. The van der Waals surface area contributed by atoms with Crippen LogP contribution in [0.2, 0.25) is 5.02 Å². The quantitative estimate of drug-likeness (QED) is 0.565. The summed E-state index contributed by atoms with van der Waals surface area (Å²) in [5.74, 6) is -1.14. The van der Waals surface area contributed by atoms with Crippen LogP contribution >= 0.6 is 23.8 Å². The van der Waals surface area contributed by atoms with Crippen LogP contribution in [0.4, 0.5) is 5.69 Å². The number of benzene rings is 1. The van der Waals surface area contributed by atoms with Crippen molar-refractivity contribution in [3.8, 4) is 0 Å². The fraction of sp³-hybridized carbons (Fsp3) is 0.429. The third-order valence-electron chi connectivity index (χ3n) is 4.32. The molecule has 22 heavy (non-hydrogen) atoms. The van der Waals surface area contributed by atoms with E-state index < -0.39 is 36.1 Å². The summed E-state index contributed by atoms with van der Waals surface area (Å²) in [6.45, 7) is 0. The lowest BCUT2D eigenvalue weighted by molar-refractivity contribution is -0.127. The molecule has 1 saturated carbocycles. The molecule has 6 nitrogen and oxygen atoms in total. The number of hydrogen-bond donors (Lipinski definition) is 4. The molecule has 8 heteroatoms. The van der Waals surface area contributed by atoms with Gasteiger partial charge in [0.25, 0.3) is 0 Å². The minimum absolute atomic E-state index is 0.103. The Kier molecular flexibility index (Phi) is 3.98. The first-order valence-electron chi connectivity index (χ1n) is 6.91. The second kappa shape index (κ2) is 5.66. The molecule has 0 bridgehead atoms. The van der Waals surface area contributed by atoms with E-state index in [9.17, 15) is 15.0 Å². The number of hydrogen-bond acceptors (Lipinski definition) is 4. The zero-order valence-corrected chi connectivity index (χ0v) is 13.1. The molecule has 5 atom stereocenters. The Bertz CT molecular complexity index is 612. The number of carbonyl (C=O) groups is 1. The highest BCUT2D eigenvalue weighted by Crippen LogP contribution is 2.36. The van der Waals surface area contributed by atoms with Crippen LogP contribution < -0.4 is 16.0 Å². The minimum atomic E-state index is -1.02. The second-order valence-corrected chi connectivity index (χ2v) is 6.44. The Morgan fingerprint density at radius 1 is 1.36 bits per heavy atom. The number of fused-ring (bicyclic) bond motifs is 1. The van der Waals surface area contributed by atoms with Gasteiger partial charge in [-0.25, -0.2) is 0 Å². The number of halogens is 1. The molecule has 1 aromatic carbocycles. The van der Waals surface area contributed by atoms with Crippen molar-refractivity contribution in [3.63, 3.8) is 0 Å². The van der Waals surface area contributed by atoms with Gasteiger partial charge < -0.3 is 26.2 Å². The molecule has 0 spiro atoms. The predicted molar refractivity (Wildman–Crippen MR) is 86.6 cm³/mol. The highest BCUT2D eigenvalue weighted by Gasteiger charge is 2.53. The largest absolute Gasteiger partial charge is 0.390 e. The molecule has 2 fully saturated rings. The first-order valence-corrected chi connectivity index (χ1v) is 7.69. The minimum Gasteiger partial charge on any atom is -0.390 e. The summed E-state index contributed by atoms with van der Waals surface area (Å²) in [5, 5.41) is 24.1. The van der Waals surface area contributed by atoms with E-state index in [1.807, 2.05) is 0 Å². The van der Waals surface area contributed by atoms with Gasteiger partial charge in [-0.05, 0) is 42.9 Å². The summed E-state index contributed by atoms with van der Waals surface area (Å²) in [4.78, 5) is 13.6. The standard InChI is InChI=1S/C14H16ClN3O3S/c15-6-1-3-7(4-2-6)18-11-8(13(16)21)5-9(19)12(20)10(11)17-14(18)22/h1-4,8-12,19-20H,5H2,(H2,16,21)(H,17,22)/t8-,9-,10-,11+,12+/m1/s1. The van der Waals surface area contributed by atoms with Crippen LogP contribution in [0.3, 0.4) is 0 Å². The molecule has 1 aliphatic carbocycles. The number of carbonyl (C=O) groups excluding carboxylic acids is 1. The number of primary amides is 1. The number of anilines is 1. The molecule has 0 aromatic heterocycles. The molecular weight excluding hydrogens is 326 g/mol. The van der Waals surface area contributed by atoms with Crippen molar-refractivity contribution < 1.29 is 15.0 Å². The zero-order chi connectivity index (χ0) is 16.0. The third kappa shape index (κ3) is 2.44. The summed E-state index contributed by atoms with van der Waals surface area (Å²) in [7, 11) is 0. The normalized spacial score (nSPS) is 34.2. The van der Waals surface area contributed by atoms with Crippen LogP contribution in [0.15, 0.2) is 24.3 Å². The number of aliphatic hydroxyl groups excluding tert-OH is 2. The molecule has 0 radical (unpaired) electrons. The first kappa shape index (κ1) is 15.5. The Hall–Kier alpha value is -1.41. The van der Waals surface area contributed by atoms with Gasteiger partial charge in [0.15, 0.2) is 5.11 Å². The summed E-state index contributed by atoms with van der Waals surface area (Å²) in [6, 6.07) is 6.02. The van der Waals surface area contributed by atoms with Gasteiger partial charge in [-0.15, -0.1) is 0 Å². The van der Waals surface area contributed by atoms with Gasteiger partial charge in [-0.3, -0.25) is 4.79 Å². The molecule has 2 aliphatic rings. The smallest absolute Gasteiger partial charge is 0.222 e. The van der Waals surface area contributed by atoms with Crippen molar-refractivity contribution in [1.29, 1.82) is 0 Å². The van der Waals surface area contributed by atoms with Gasteiger partial charge in [0.2, 0.25) is 5.91 Å². The first-order chi connectivity index (χ1) is 10.4. The number of thiocarbonyl (C=S) groups is 1. The van der Waals surface area contributed by atoms with Gasteiger partial charge in [-0.2, -0.15) is 0 Å². The number of nitrogens with one attached hydrogen (secondary N) is 1. The summed E-state index contributed by atoms with van der Waals surface area (Å²) in [6.07, 6.45) is -1.93. The van der Waals surface area contributed by atoms with Crippen LogP contribution in [0, 0.1) is 5.92 Å². The van der Waals surface area contributed by atoms with E-state index in [2.05, 4.69) is 5.32 Å². The number of nitrogens with two attached hydrogens (primary N) is 1. The zero-order valence-electron chi connectivity index (χ0n) is 11.5. The third-order valence-corrected chi connectivity index (χ3v) is 4.88. The predicted octanol–water partition coefficient (Wildman–Crippen LogP) is -0.00130. The Labute approximate surface area is 137 Å². The van der Waals surface area contributed by atoms with Gasteiger partial charge in [0, 0.05) is 10.7 Å². The maximum Gasteiger partial charge on any atom is 0.222 e. The average Bonchev–Trinajstić information content (AvgIpc) is 2.81. The Balaban J connectivity index is 2.01. The number of nitrogens with zero attached hydrogens (tertiary/aromatic N) is 1. The van der Waals surface area contributed by atoms with E-state index in [4.69, 9.17) is 29.6 Å². The lowest BCUT2D eigenvalue weighted by Gasteiger charge is -2.40. The van der Waals surface area contributed by atoms with E-state index >= 15 is 0 Å². The van der Waals surface area contributed by atoms with Crippen molar-refractivity contribution in [2.45, 2.75) is 30.7 Å². The average molecular weight is 342 g/mol. The van der Waals surface area contributed by atoms with Crippen LogP contribution in [0.25, 0.3) is 0 Å². The van der Waals surface area contributed by atoms with E-state index in [0.29, 0.717) is 10.1 Å². The van der Waals surface area contributed by atoms with Crippen LogP contribution in [0.1, 0.15) is 6.42 Å². The van der Waals surface area contributed by atoms with Gasteiger partial charge >= 0.3 is 0 Å². The SMILES string of the molecule is NC(=O)[C@@H]1C[C@@H](O)[C@H](O)[C@@H]2NC(=S)N(c3ccc(Cl)cc3)[C@H]21. The van der Waals surface area contributed by atoms with E-state index in [0.717, 1.165) is 5.69 Å². The number of rotatable bonds is 2. The molecule has 118 valence electrons. The maximum absolute atomic E-state index is 11.8. The highest BCUT2D eigenvalue weighted by atomic mass is 35.5. The molecule has 1 aromatic rings. The fourth-order valence-corrected chi connectivity index (χ4v) is 3.75. The van der Waals surface area contributed by atoms with Gasteiger partial charge in [0.05, 0.1) is 24.1 Å². The van der Waals surface area contributed by atoms with Crippen LogP contribution in [-0.2, 0) is 4.79 Å².